The average Bonchev–Trinajstić information content (AvgIpc) is 2.38. The quantitative estimate of drug-likeness (QED) is 0.344. The Balaban J connectivity index is 0.000000292. The van der Waals surface area contributed by atoms with Crippen molar-refractivity contribution in [2.24, 2.45) is 0 Å². The van der Waals surface area contributed by atoms with Gasteiger partial charge >= 0.3 is 13.7 Å². The van der Waals surface area contributed by atoms with Crippen LogP contribution in [0.4, 0.5) is 0 Å². The maximum atomic E-state index is 10.1. The highest BCUT2D eigenvalue weighted by molar-refractivity contribution is 6.13. The van der Waals surface area contributed by atoms with Crippen molar-refractivity contribution >= 4 is 13.7 Å². The Kier molecular flexibility index (Phi) is 5.82. The third-order valence-corrected chi connectivity index (χ3v) is 1.36. The van der Waals surface area contributed by atoms with Crippen molar-refractivity contribution in [3.05, 3.63) is 0 Å². The summed E-state index contributed by atoms with van der Waals surface area (Å²) in [5, 5.41) is 25.2. The number of hydrogen-bond acceptors (Lipinski definition) is 4. The lowest BCUT2D eigenvalue weighted by molar-refractivity contribution is -0.139. The molecule has 6 heteroatoms. The maximum Gasteiger partial charge on any atom is 0.482 e. The van der Waals surface area contributed by atoms with Crippen molar-refractivity contribution in [2.45, 2.75) is 18.9 Å². The van der Waals surface area contributed by atoms with Gasteiger partial charge in [0.05, 0.1) is 0 Å². The van der Waals surface area contributed by atoms with E-state index in [1.165, 1.54) is 0 Å². The highest BCUT2D eigenvalue weighted by Gasteiger charge is 2.20. The minimum Gasteiger partial charge on any atom is -0.480 e. The van der Waals surface area contributed by atoms with Crippen molar-refractivity contribution in [1.29, 1.82) is 0 Å². The summed E-state index contributed by atoms with van der Waals surface area (Å²) in [7, 11) is 0. The molecule has 63 valence electrons. The Morgan fingerprint density at radius 2 is 2.09 bits per heavy atom. The molecule has 1 radical (unpaired) electrons. The van der Waals surface area contributed by atoms with Crippen molar-refractivity contribution in [3.63, 3.8) is 0 Å². The van der Waals surface area contributed by atoms with E-state index in [-0.39, 0.29) is 13.7 Å². The normalized spacial score (nSPS) is 21.8. The van der Waals surface area contributed by atoms with E-state index in [2.05, 4.69) is 5.32 Å². The minimum atomic E-state index is -0.720. The Labute approximate surface area is 65.4 Å². The lowest BCUT2D eigenvalue weighted by atomic mass is 10.2. The van der Waals surface area contributed by atoms with Gasteiger partial charge in [0, 0.05) is 0 Å². The van der Waals surface area contributed by atoms with Crippen LogP contribution in [0.3, 0.4) is 0 Å². The number of aliphatic carboxylic acids is 1. The molecular formula is C5H11BNO4. The van der Waals surface area contributed by atoms with Gasteiger partial charge in [-0.05, 0) is 19.4 Å². The van der Waals surface area contributed by atoms with E-state index < -0.39 is 5.97 Å². The van der Waals surface area contributed by atoms with E-state index in [9.17, 15) is 4.79 Å². The van der Waals surface area contributed by atoms with Gasteiger partial charge in [-0.25, -0.2) is 0 Å². The molecular weight excluding hydrogens is 149 g/mol. The summed E-state index contributed by atoms with van der Waals surface area (Å²) in [4.78, 5) is 10.1. The van der Waals surface area contributed by atoms with E-state index in [1.54, 1.807) is 0 Å². The average molecular weight is 160 g/mol. The molecule has 1 rings (SSSR count). The zero-order valence-corrected chi connectivity index (χ0v) is 6.03. The predicted molar refractivity (Wildman–Crippen MR) is 38.9 cm³/mol. The van der Waals surface area contributed by atoms with Crippen LogP contribution in [0, 0.1) is 0 Å². The second-order valence-corrected chi connectivity index (χ2v) is 2.10. The summed E-state index contributed by atoms with van der Waals surface area (Å²) in [6, 6.07) is -0.269. The van der Waals surface area contributed by atoms with Crippen LogP contribution in [-0.2, 0) is 4.79 Å². The van der Waals surface area contributed by atoms with Gasteiger partial charge in [0.1, 0.15) is 6.04 Å². The van der Waals surface area contributed by atoms with Crippen molar-refractivity contribution in [1.82, 2.24) is 5.32 Å². The smallest absolute Gasteiger partial charge is 0.480 e. The Morgan fingerprint density at radius 1 is 1.55 bits per heavy atom. The molecule has 0 aliphatic carbocycles. The molecule has 0 spiro atoms. The Bertz CT molecular complexity index is 115. The standard InChI is InChI=1S/C5H9NO2.BH2O2/c7-5(8)4-2-1-3-6-4;2-1-3/h4,6H,1-3H2,(H,7,8);2-3H. The van der Waals surface area contributed by atoms with Gasteiger partial charge < -0.3 is 20.5 Å². The summed E-state index contributed by atoms with van der Waals surface area (Å²) in [5.74, 6) is -0.720. The van der Waals surface area contributed by atoms with Crippen LogP contribution in [0.25, 0.3) is 0 Å². The van der Waals surface area contributed by atoms with E-state index in [4.69, 9.17) is 15.2 Å². The molecule has 1 atom stereocenters. The molecule has 0 bridgehead atoms. The van der Waals surface area contributed by atoms with Gasteiger partial charge in [0.15, 0.2) is 0 Å². The highest BCUT2D eigenvalue weighted by Crippen LogP contribution is 2.03. The topological polar surface area (TPSA) is 89.8 Å². The van der Waals surface area contributed by atoms with Crippen LogP contribution >= 0.6 is 0 Å². The van der Waals surface area contributed by atoms with Crippen molar-refractivity contribution in [3.8, 4) is 0 Å². The van der Waals surface area contributed by atoms with E-state index in [0.717, 1.165) is 19.4 Å². The number of nitrogens with one attached hydrogen (secondary N) is 1. The summed E-state index contributed by atoms with van der Waals surface area (Å²) < 4.78 is 0. The first-order valence-corrected chi connectivity index (χ1v) is 3.28. The molecule has 1 heterocycles. The lowest BCUT2D eigenvalue weighted by Crippen LogP contribution is -2.29. The predicted octanol–water partition coefficient (Wildman–Crippen LogP) is -1.67. The molecule has 11 heavy (non-hydrogen) atoms. The van der Waals surface area contributed by atoms with Gasteiger partial charge in [0.2, 0.25) is 0 Å². The first kappa shape index (κ1) is 10.4. The van der Waals surface area contributed by atoms with Gasteiger partial charge in [-0.3, -0.25) is 4.79 Å². The van der Waals surface area contributed by atoms with Crippen LogP contribution in [0.5, 0.6) is 0 Å². The summed E-state index contributed by atoms with van der Waals surface area (Å²) >= 11 is 0. The van der Waals surface area contributed by atoms with E-state index >= 15 is 0 Å². The summed E-state index contributed by atoms with van der Waals surface area (Å²) in [5.41, 5.74) is 0. The van der Waals surface area contributed by atoms with E-state index in [0.29, 0.717) is 0 Å². The summed E-state index contributed by atoms with van der Waals surface area (Å²) in [6.07, 6.45) is 1.78. The second kappa shape index (κ2) is 6.15. The first-order valence-electron chi connectivity index (χ1n) is 3.28. The van der Waals surface area contributed by atoms with Gasteiger partial charge in [-0.15, -0.1) is 0 Å². The summed E-state index contributed by atoms with van der Waals surface area (Å²) in [6.45, 7) is 0.858. The van der Waals surface area contributed by atoms with Crippen LogP contribution in [-0.4, -0.2) is 41.4 Å². The zero-order valence-electron chi connectivity index (χ0n) is 6.03. The van der Waals surface area contributed by atoms with Crippen molar-refractivity contribution < 1.29 is 19.9 Å². The third kappa shape index (κ3) is 4.77. The number of carboxylic acids is 1. The number of carboxylic acid groups (broad SMARTS) is 1. The molecule has 0 saturated carbocycles. The lowest BCUT2D eigenvalue weighted by Gasteiger charge is -1.99. The molecule has 5 nitrogen and oxygen atoms in total. The van der Waals surface area contributed by atoms with Gasteiger partial charge in [-0.2, -0.15) is 0 Å². The maximum absolute atomic E-state index is 10.1. The molecule has 4 N–H and O–H groups in total. The molecule has 1 fully saturated rings. The number of hydrogen-bond donors (Lipinski definition) is 4. The minimum absolute atomic E-state index is 0. The SMILES string of the molecule is O=C(O)C1CCCN1.O[B]O. The fraction of sp³-hybridized carbons (Fsp3) is 0.800. The molecule has 0 aromatic carbocycles. The molecule has 1 aliphatic heterocycles. The third-order valence-electron chi connectivity index (χ3n) is 1.36. The van der Waals surface area contributed by atoms with Crippen LogP contribution in [0.1, 0.15) is 12.8 Å². The molecule has 1 aliphatic rings. The van der Waals surface area contributed by atoms with Gasteiger partial charge in [-0.1, -0.05) is 0 Å². The monoisotopic (exact) mass is 160 g/mol. The van der Waals surface area contributed by atoms with Crippen molar-refractivity contribution in [2.75, 3.05) is 6.54 Å². The Hall–Kier alpha value is -0.585. The van der Waals surface area contributed by atoms with Crippen LogP contribution in [0.15, 0.2) is 0 Å². The van der Waals surface area contributed by atoms with Gasteiger partial charge in [0.25, 0.3) is 0 Å². The fourth-order valence-electron chi connectivity index (χ4n) is 0.895. The van der Waals surface area contributed by atoms with Crippen LogP contribution < -0.4 is 5.32 Å². The molecule has 0 amide bonds. The second-order valence-electron chi connectivity index (χ2n) is 2.10. The highest BCUT2D eigenvalue weighted by atomic mass is 16.4. The molecule has 0 aromatic heterocycles. The molecule has 0 aromatic rings. The number of carbonyl (C=O) groups is 1. The van der Waals surface area contributed by atoms with E-state index in [1.807, 2.05) is 0 Å². The number of rotatable bonds is 1. The molecule has 1 unspecified atom stereocenters. The molecule has 1 saturated heterocycles. The Morgan fingerprint density at radius 3 is 2.27 bits per heavy atom. The zero-order chi connectivity index (χ0) is 8.69. The fourth-order valence-corrected chi connectivity index (χ4v) is 0.895. The largest absolute Gasteiger partial charge is 0.482 e. The first-order chi connectivity index (χ1) is 5.22. The van der Waals surface area contributed by atoms with Crippen LogP contribution in [0.2, 0.25) is 0 Å².